The van der Waals surface area contributed by atoms with Crippen LogP contribution in [0.25, 0.3) is 4.96 Å². The van der Waals surface area contributed by atoms with Crippen molar-refractivity contribution in [2.75, 3.05) is 0 Å². The zero-order chi connectivity index (χ0) is 10.3. The lowest BCUT2D eigenvalue weighted by Crippen LogP contribution is -1.96. The maximum atomic E-state index is 4.70. The fraction of sp³-hybridized carbons (Fsp3) is 0.636. The van der Waals surface area contributed by atoms with Gasteiger partial charge in [-0.1, -0.05) is 24.7 Å². The Balaban J connectivity index is 2.15. The number of rotatable bonds is 1. The van der Waals surface area contributed by atoms with Crippen molar-refractivity contribution < 1.29 is 0 Å². The van der Waals surface area contributed by atoms with Crippen molar-refractivity contribution in [3.8, 4) is 0 Å². The summed E-state index contributed by atoms with van der Waals surface area (Å²) in [7, 11) is 0. The second-order valence-electron chi connectivity index (χ2n) is 4.11. The van der Waals surface area contributed by atoms with Gasteiger partial charge in [0.05, 0.1) is 11.4 Å². The minimum atomic E-state index is 1.02. The summed E-state index contributed by atoms with van der Waals surface area (Å²) in [6.45, 7) is 2.15. The summed E-state index contributed by atoms with van der Waals surface area (Å²) in [4.78, 5) is 5.80. The molecular formula is C11H15N3S. The van der Waals surface area contributed by atoms with Crippen LogP contribution in [0.5, 0.6) is 0 Å². The van der Waals surface area contributed by atoms with Gasteiger partial charge in [0.1, 0.15) is 5.01 Å². The van der Waals surface area contributed by atoms with Crippen LogP contribution >= 0.6 is 11.3 Å². The van der Waals surface area contributed by atoms with Gasteiger partial charge in [0.15, 0.2) is 0 Å². The van der Waals surface area contributed by atoms with Crippen molar-refractivity contribution in [2.24, 2.45) is 0 Å². The molecule has 0 aliphatic heterocycles. The number of aryl methyl sites for hydroxylation is 3. The summed E-state index contributed by atoms with van der Waals surface area (Å²) < 4.78 is 2.09. The zero-order valence-electron chi connectivity index (χ0n) is 8.99. The van der Waals surface area contributed by atoms with Crippen LogP contribution in [-0.2, 0) is 19.3 Å². The summed E-state index contributed by atoms with van der Waals surface area (Å²) in [5, 5.41) is 5.82. The van der Waals surface area contributed by atoms with Crippen LogP contribution in [0.1, 0.15) is 42.6 Å². The smallest absolute Gasteiger partial charge is 0.212 e. The highest BCUT2D eigenvalue weighted by molar-refractivity contribution is 7.16. The molecule has 0 atom stereocenters. The van der Waals surface area contributed by atoms with Crippen molar-refractivity contribution in [1.29, 1.82) is 0 Å². The minimum Gasteiger partial charge on any atom is -0.222 e. The van der Waals surface area contributed by atoms with Gasteiger partial charge in [0.2, 0.25) is 4.96 Å². The van der Waals surface area contributed by atoms with Gasteiger partial charge in [-0.3, -0.25) is 0 Å². The molecule has 2 heterocycles. The molecule has 3 rings (SSSR count). The number of hydrogen-bond donors (Lipinski definition) is 0. The van der Waals surface area contributed by atoms with Gasteiger partial charge in [-0.25, -0.2) is 9.50 Å². The van der Waals surface area contributed by atoms with E-state index in [1.54, 1.807) is 11.3 Å². The minimum absolute atomic E-state index is 1.02. The van der Waals surface area contributed by atoms with Crippen molar-refractivity contribution in [1.82, 2.24) is 14.6 Å². The van der Waals surface area contributed by atoms with Crippen LogP contribution in [0.15, 0.2) is 0 Å². The van der Waals surface area contributed by atoms with E-state index in [0.29, 0.717) is 0 Å². The second kappa shape index (κ2) is 3.59. The maximum absolute atomic E-state index is 4.70. The normalized spacial score (nSPS) is 16.6. The number of fused-ring (bicyclic) bond motifs is 3. The highest BCUT2D eigenvalue weighted by Crippen LogP contribution is 2.24. The van der Waals surface area contributed by atoms with Crippen molar-refractivity contribution >= 4 is 16.3 Å². The Morgan fingerprint density at radius 2 is 2.13 bits per heavy atom. The third kappa shape index (κ3) is 1.47. The maximum Gasteiger partial charge on any atom is 0.212 e. The average molecular weight is 221 g/mol. The molecule has 15 heavy (non-hydrogen) atoms. The molecule has 0 saturated carbocycles. The molecule has 3 nitrogen and oxygen atoms in total. The molecule has 0 amide bonds. The molecule has 80 valence electrons. The van der Waals surface area contributed by atoms with Gasteiger partial charge in [0.25, 0.3) is 0 Å². The lowest BCUT2D eigenvalue weighted by molar-refractivity contribution is 0.696. The van der Waals surface area contributed by atoms with E-state index in [1.807, 2.05) is 0 Å². The predicted molar refractivity (Wildman–Crippen MR) is 61.5 cm³/mol. The van der Waals surface area contributed by atoms with Gasteiger partial charge in [-0.05, 0) is 32.1 Å². The number of nitrogens with zero attached hydrogens (tertiary/aromatic N) is 3. The summed E-state index contributed by atoms with van der Waals surface area (Å²) in [5.41, 5.74) is 2.67. The van der Waals surface area contributed by atoms with Gasteiger partial charge >= 0.3 is 0 Å². The van der Waals surface area contributed by atoms with E-state index in [2.05, 4.69) is 16.5 Å². The van der Waals surface area contributed by atoms with Crippen LogP contribution in [0.2, 0.25) is 0 Å². The predicted octanol–water partition coefficient (Wildman–Crippen LogP) is 2.62. The molecule has 0 spiro atoms. The van der Waals surface area contributed by atoms with Gasteiger partial charge in [-0.2, -0.15) is 5.10 Å². The highest BCUT2D eigenvalue weighted by Gasteiger charge is 2.17. The molecule has 0 radical (unpaired) electrons. The molecule has 0 saturated heterocycles. The number of hydrogen-bond acceptors (Lipinski definition) is 3. The van der Waals surface area contributed by atoms with E-state index in [9.17, 15) is 0 Å². The summed E-state index contributed by atoms with van der Waals surface area (Å²) in [6.07, 6.45) is 7.24. The Labute approximate surface area is 93.1 Å². The van der Waals surface area contributed by atoms with E-state index in [4.69, 9.17) is 4.98 Å². The van der Waals surface area contributed by atoms with Crippen LogP contribution in [0.3, 0.4) is 0 Å². The summed E-state index contributed by atoms with van der Waals surface area (Å²) in [5.74, 6) is 0. The Bertz CT molecular complexity index is 483. The SMILES string of the molecule is CCc1nn2c3c(nc2s1)CCCCC3. The topological polar surface area (TPSA) is 30.2 Å². The van der Waals surface area contributed by atoms with E-state index >= 15 is 0 Å². The molecule has 0 unspecified atom stereocenters. The standard InChI is InChI=1S/C11H15N3S/c1-2-10-13-14-9-7-5-3-4-6-8(9)12-11(14)15-10/h2-7H2,1H3. The van der Waals surface area contributed by atoms with E-state index in [-0.39, 0.29) is 0 Å². The monoisotopic (exact) mass is 221 g/mol. The van der Waals surface area contributed by atoms with Crippen molar-refractivity contribution in [2.45, 2.75) is 45.4 Å². The molecule has 0 N–H and O–H groups in total. The molecular weight excluding hydrogens is 206 g/mol. The molecule has 0 bridgehead atoms. The molecule has 4 heteroatoms. The van der Waals surface area contributed by atoms with Crippen LogP contribution in [0.4, 0.5) is 0 Å². The van der Waals surface area contributed by atoms with E-state index in [1.165, 1.54) is 35.7 Å². The fourth-order valence-corrected chi connectivity index (χ4v) is 3.10. The molecule has 2 aromatic rings. The first kappa shape index (κ1) is 9.33. The van der Waals surface area contributed by atoms with Crippen LogP contribution in [-0.4, -0.2) is 14.6 Å². The molecule has 1 aliphatic rings. The first-order valence-electron chi connectivity index (χ1n) is 5.74. The van der Waals surface area contributed by atoms with E-state index < -0.39 is 0 Å². The molecule has 0 fully saturated rings. The second-order valence-corrected chi connectivity index (χ2v) is 5.15. The Hall–Kier alpha value is -0.900. The Kier molecular flexibility index (Phi) is 2.24. The van der Waals surface area contributed by atoms with Crippen LogP contribution < -0.4 is 0 Å². The quantitative estimate of drug-likeness (QED) is 0.693. The van der Waals surface area contributed by atoms with Gasteiger partial charge in [-0.15, -0.1) is 0 Å². The number of imidazole rings is 1. The molecule has 0 aromatic carbocycles. The Morgan fingerprint density at radius 3 is 3.00 bits per heavy atom. The Morgan fingerprint density at radius 1 is 1.27 bits per heavy atom. The van der Waals surface area contributed by atoms with Gasteiger partial charge < -0.3 is 0 Å². The van der Waals surface area contributed by atoms with Crippen molar-refractivity contribution in [3.05, 3.63) is 16.4 Å². The lowest BCUT2D eigenvalue weighted by Gasteiger charge is -1.95. The molecule has 2 aromatic heterocycles. The highest BCUT2D eigenvalue weighted by atomic mass is 32.1. The summed E-state index contributed by atoms with van der Waals surface area (Å²) in [6, 6.07) is 0. The summed E-state index contributed by atoms with van der Waals surface area (Å²) >= 11 is 1.74. The third-order valence-electron chi connectivity index (χ3n) is 3.05. The zero-order valence-corrected chi connectivity index (χ0v) is 9.81. The largest absolute Gasteiger partial charge is 0.222 e. The first-order chi connectivity index (χ1) is 7.38. The number of aromatic nitrogens is 3. The van der Waals surface area contributed by atoms with Crippen LogP contribution in [0, 0.1) is 0 Å². The fourth-order valence-electron chi connectivity index (χ4n) is 2.23. The van der Waals surface area contributed by atoms with Crippen molar-refractivity contribution in [3.63, 3.8) is 0 Å². The molecule has 1 aliphatic carbocycles. The first-order valence-corrected chi connectivity index (χ1v) is 6.56. The lowest BCUT2D eigenvalue weighted by atomic mass is 10.2. The van der Waals surface area contributed by atoms with E-state index in [0.717, 1.165) is 24.2 Å². The van der Waals surface area contributed by atoms with Gasteiger partial charge in [0, 0.05) is 0 Å². The average Bonchev–Trinajstić information content (AvgIpc) is 2.68. The third-order valence-corrected chi connectivity index (χ3v) is 4.10.